The highest BCUT2D eigenvalue weighted by atomic mass is 15.3. The molecule has 0 bridgehead atoms. The standard InChI is InChI=1S/C17H24N/c1-5-13-18(8-4,14-6-2)15-17-11-9-16(7-3)10-12-17/h5-7,9-12H,1-3,8,13-15H2,4H3/q+1. The summed E-state index contributed by atoms with van der Waals surface area (Å²) < 4.78 is 0.987. The van der Waals surface area contributed by atoms with Crippen molar-refractivity contribution >= 4 is 6.08 Å². The van der Waals surface area contributed by atoms with Gasteiger partial charge >= 0.3 is 0 Å². The van der Waals surface area contributed by atoms with Gasteiger partial charge < -0.3 is 4.48 Å². The van der Waals surface area contributed by atoms with Crippen LogP contribution in [0.3, 0.4) is 0 Å². The van der Waals surface area contributed by atoms with E-state index in [2.05, 4.69) is 50.9 Å². The molecule has 1 aromatic rings. The number of quaternary nitrogens is 1. The van der Waals surface area contributed by atoms with Crippen molar-refractivity contribution in [2.24, 2.45) is 0 Å². The zero-order valence-electron chi connectivity index (χ0n) is 11.4. The first kappa shape index (κ1) is 14.5. The summed E-state index contributed by atoms with van der Waals surface area (Å²) in [5.41, 5.74) is 2.52. The smallest absolute Gasteiger partial charge is 0.105 e. The predicted octanol–water partition coefficient (Wildman–Crippen LogP) is 4.04. The third kappa shape index (κ3) is 3.71. The molecule has 0 fully saturated rings. The van der Waals surface area contributed by atoms with E-state index in [1.54, 1.807) is 0 Å². The molecule has 0 aliphatic rings. The van der Waals surface area contributed by atoms with E-state index in [-0.39, 0.29) is 0 Å². The summed E-state index contributed by atoms with van der Waals surface area (Å²) in [6, 6.07) is 8.61. The van der Waals surface area contributed by atoms with Crippen molar-refractivity contribution in [3.8, 4) is 0 Å². The molecule has 1 rings (SSSR count). The topological polar surface area (TPSA) is 0 Å². The zero-order valence-corrected chi connectivity index (χ0v) is 11.4. The normalized spacial score (nSPS) is 10.9. The average Bonchev–Trinajstić information content (AvgIpc) is 2.40. The van der Waals surface area contributed by atoms with E-state index in [0.29, 0.717) is 0 Å². The highest BCUT2D eigenvalue weighted by Gasteiger charge is 2.22. The van der Waals surface area contributed by atoms with Crippen molar-refractivity contribution in [3.63, 3.8) is 0 Å². The second-order valence-corrected chi connectivity index (χ2v) is 4.70. The number of benzene rings is 1. The highest BCUT2D eigenvalue weighted by molar-refractivity contribution is 5.47. The van der Waals surface area contributed by atoms with Crippen molar-refractivity contribution < 1.29 is 4.48 Å². The average molecular weight is 242 g/mol. The van der Waals surface area contributed by atoms with Gasteiger partial charge in [0.2, 0.25) is 0 Å². The van der Waals surface area contributed by atoms with Crippen molar-refractivity contribution in [2.75, 3.05) is 19.6 Å². The third-order valence-electron chi connectivity index (χ3n) is 3.44. The van der Waals surface area contributed by atoms with E-state index < -0.39 is 0 Å². The highest BCUT2D eigenvalue weighted by Crippen LogP contribution is 2.16. The van der Waals surface area contributed by atoms with Crippen LogP contribution in [-0.4, -0.2) is 24.1 Å². The Balaban J connectivity index is 2.89. The molecule has 1 heteroatoms. The molecule has 0 unspecified atom stereocenters. The van der Waals surface area contributed by atoms with Crippen molar-refractivity contribution in [3.05, 3.63) is 67.3 Å². The van der Waals surface area contributed by atoms with Gasteiger partial charge in [-0.05, 0) is 24.6 Å². The van der Waals surface area contributed by atoms with Gasteiger partial charge in [-0.1, -0.05) is 50.1 Å². The van der Waals surface area contributed by atoms with Gasteiger partial charge in [-0.3, -0.25) is 0 Å². The Bertz CT molecular complexity index is 390. The lowest BCUT2D eigenvalue weighted by Crippen LogP contribution is -2.47. The fourth-order valence-electron chi connectivity index (χ4n) is 2.27. The van der Waals surface area contributed by atoms with Crippen LogP contribution in [0.15, 0.2) is 56.2 Å². The van der Waals surface area contributed by atoms with Crippen LogP contribution < -0.4 is 0 Å². The summed E-state index contributed by atoms with van der Waals surface area (Å²) >= 11 is 0. The van der Waals surface area contributed by atoms with Crippen LogP contribution in [0, 0.1) is 0 Å². The number of rotatable bonds is 8. The first-order valence-corrected chi connectivity index (χ1v) is 6.48. The first-order chi connectivity index (χ1) is 8.69. The Morgan fingerprint density at radius 3 is 1.94 bits per heavy atom. The van der Waals surface area contributed by atoms with Crippen LogP contribution in [0.5, 0.6) is 0 Å². The molecular weight excluding hydrogens is 218 g/mol. The van der Waals surface area contributed by atoms with Gasteiger partial charge in [0.25, 0.3) is 0 Å². The van der Waals surface area contributed by atoms with Gasteiger partial charge in [0.1, 0.15) is 6.54 Å². The van der Waals surface area contributed by atoms with Crippen LogP contribution in [-0.2, 0) is 6.54 Å². The SMILES string of the molecule is C=CC[N+](CC)(CC=C)Cc1ccc(C=C)cc1. The molecule has 0 aromatic heterocycles. The largest absolute Gasteiger partial charge is 0.314 e. The van der Waals surface area contributed by atoms with E-state index in [1.807, 2.05) is 18.2 Å². The Labute approximate surface area is 111 Å². The molecule has 18 heavy (non-hydrogen) atoms. The molecule has 0 N–H and O–H groups in total. The molecule has 1 nitrogen and oxygen atoms in total. The monoisotopic (exact) mass is 242 g/mol. The maximum Gasteiger partial charge on any atom is 0.105 e. The summed E-state index contributed by atoms with van der Waals surface area (Å²) in [7, 11) is 0. The Morgan fingerprint density at radius 1 is 1.00 bits per heavy atom. The van der Waals surface area contributed by atoms with Crippen molar-refractivity contribution in [2.45, 2.75) is 13.5 Å². The summed E-state index contributed by atoms with van der Waals surface area (Å²) in [5.74, 6) is 0. The van der Waals surface area contributed by atoms with Crippen LogP contribution >= 0.6 is 0 Å². The van der Waals surface area contributed by atoms with E-state index in [9.17, 15) is 0 Å². The van der Waals surface area contributed by atoms with E-state index >= 15 is 0 Å². The van der Waals surface area contributed by atoms with Gasteiger partial charge in [-0.25, -0.2) is 0 Å². The summed E-state index contributed by atoms with van der Waals surface area (Å²) in [4.78, 5) is 0. The summed E-state index contributed by atoms with van der Waals surface area (Å²) in [5, 5.41) is 0. The van der Waals surface area contributed by atoms with Crippen LogP contribution in [0.25, 0.3) is 6.08 Å². The molecule has 0 aliphatic heterocycles. The van der Waals surface area contributed by atoms with E-state index in [1.165, 1.54) is 11.1 Å². The molecule has 0 saturated heterocycles. The second-order valence-electron chi connectivity index (χ2n) is 4.70. The van der Waals surface area contributed by atoms with E-state index in [0.717, 1.165) is 30.7 Å². The molecule has 1 aromatic carbocycles. The number of likely N-dealkylation sites (N-methyl/N-ethyl adjacent to an activating group) is 1. The maximum atomic E-state index is 3.88. The number of hydrogen-bond donors (Lipinski definition) is 0. The van der Waals surface area contributed by atoms with Crippen LogP contribution in [0.1, 0.15) is 18.1 Å². The quantitative estimate of drug-likeness (QED) is 0.477. The van der Waals surface area contributed by atoms with E-state index in [4.69, 9.17) is 0 Å². The van der Waals surface area contributed by atoms with Crippen molar-refractivity contribution in [1.29, 1.82) is 0 Å². The number of nitrogens with zero attached hydrogens (tertiary/aromatic N) is 1. The predicted molar refractivity (Wildman–Crippen MR) is 81.2 cm³/mol. The first-order valence-electron chi connectivity index (χ1n) is 6.48. The lowest BCUT2D eigenvalue weighted by molar-refractivity contribution is -0.928. The van der Waals surface area contributed by atoms with Gasteiger partial charge in [-0.15, -0.1) is 0 Å². The van der Waals surface area contributed by atoms with Crippen molar-refractivity contribution in [1.82, 2.24) is 0 Å². The second kappa shape index (κ2) is 6.97. The molecule has 0 radical (unpaired) electrons. The number of hydrogen-bond acceptors (Lipinski definition) is 0. The third-order valence-corrected chi connectivity index (χ3v) is 3.44. The molecule has 0 saturated carbocycles. The maximum absolute atomic E-state index is 3.88. The Hall–Kier alpha value is -1.60. The lowest BCUT2D eigenvalue weighted by Gasteiger charge is -2.36. The molecule has 0 aliphatic carbocycles. The van der Waals surface area contributed by atoms with Crippen LogP contribution in [0.4, 0.5) is 0 Å². The molecule has 0 amide bonds. The minimum absolute atomic E-state index is 0.978. The van der Waals surface area contributed by atoms with Crippen LogP contribution in [0.2, 0.25) is 0 Å². The lowest BCUT2D eigenvalue weighted by atomic mass is 10.1. The van der Waals surface area contributed by atoms with Gasteiger partial charge in [0.05, 0.1) is 19.6 Å². The van der Waals surface area contributed by atoms with Gasteiger partial charge in [0.15, 0.2) is 0 Å². The minimum atomic E-state index is 0.978. The molecule has 0 heterocycles. The molecular formula is C17H24N+. The van der Waals surface area contributed by atoms with Gasteiger partial charge in [0, 0.05) is 5.56 Å². The van der Waals surface area contributed by atoms with Gasteiger partial charge in [-0.2, -0.15) is 0 Å². The summed E-state index contributed by atoms with van der Waals surface area (Å²) in [6.07, 6.45) is 5.88. The zero-order chi connectivity index (χ0) is 13.4. The summed E-state index contributed by atoms with van der Waals surface area (Å²) in [6.45, 7) is 17.8. The molecule has 0 spiro atoms. The fraction of sp³-hybridized carbons (Fsp3) is 0.294. The molecule has 0 atom stereocenters. The molecule has 96 valence electrons. The fourth-order valence-corrected chi connectivity index (χ4v) is 2.27. The minimum Gasteiger partial charge on any atom is -0.314 e. The Kier molecular flexibility index (Phi) is 5.60. The Morgan fingerprint density at radius 2 is 1.56 bits per heavy atom.